The van der Waals surface area contributed by atoms with Gasteiger partial charge in [-0.25, -0.2) is 9.97 Å². The molecule has 2 rings (SSSR count). The number of hydrogen-bond donors (Lipinski definition) is 0. The summed E-state index contributed by atoms with van der Waals surface area (Å²) in [7, 11) is 0. The van der Waals surface area contributed by atoms with Crippen LogP contribution in [0.1, 0.15) is 58.5 Å². The normalized spacial score (nSPS) is 11.7. The SMILES string of the molecule is CCc1nc(-c2ccc(Cl)cc2C)c(CC)nc1OC(C(C)C)C(C)C. The van der Waals surface area contributed by atoms with Crippen molar-refractivity contribution in [1.82, 2.24) is 9.97 Å². The highest BCUT2D eigenvalue weighted by Gasteiger charge is 2.23. The van der Waals surface area contributed by atoms with Gasteiger partial charge in [-0.15, -0.1) is 0 Å². The van der Waals surface area contributed by atoms with Crippen molar-refractivity contribution in [3.8, 4) is 17.1 Å². The van der Waals surface area contributed by atoms with E-state index in [1.165, 1.54) is 0 Å². The zero-order chi connectivity index (χ0) is 19.4. The summed E-state index contributed by atoms with van der Waals surface area (Å²) in [4.78, 5) is 9.85. The van der Waals surface area contributed by atoms with Crippen LogP contribution in [0.4, 0.5) is 0 Å². The molecular formula is C22H31ClN2O. The number of rotatable bonds is 7. The second-order valence-electron chi connectivity index (χ2n) is 7.51. The van der Waals surface area contributed by atoms with Crippen LogP contribution in [0.3, 0.4) is 0 Å². The third-order valence-corrected chi connectivity index (χ3v) is 4.91. The Morgan fingerprint density at radius 2 is 1.58 bits per heavy atom. The van der Waals surface area contributed by atoms with Gasteiger partial charge >= 0.3 is 0 Å². The highest BCUT2D eigenvalue weighted by Crippen LogP contribution is 2.31. The Kier molecular flexibility index (Phi) is 7.05. The molecule has 0 bridgehead atoms. The van der Waals surface area contributed by atoms with Crippen LogP contribution >= 0.6 is 11.6 Å². The second kappa shape index (κ2) is 8.85. The molecule has 0 fully saturated rings. The molecule has 0 aliphatic rings. The van der Waals surface area contributed by atoms with E-state index < -0.39 is 0 Å². The highest BCUT2D eigenvalue weighted by atomic mass is 35.5. The van der Waals surface area contributed by atoms with Crippen molar-refractivity contribution in [2.24, 2.45) is 11.8 Å². The quantitative estimate of drug-likeness (QED) is 0.571. The van der Waals surface area contributed by atoms with Crippen molar-refractivity contribution in [1.29, 1.82) is 0 Å². The lowest BCUT2D eigenvalue weighted by Crippen LogP contribution is -2.30. The first-order chi connectivity index (χ1) is 12.3. The van der Waals surface area contributed by atoms with Gasteiger partial charge in [0.1, 0.15) is 11.8 Å². The molecule has 0 saturated heterocycles. The number of nitrogens with zero attached hydrogens (tertiary/aromatic N) is 2. The summed E-state index contributed by atoms with van der Waals surface area (Å²) in [6, 6.07) is 5.92. The minimum Gasteiger partial charge on any atom is -0.473 e. The van der Waals surface area contributed by atoms with E-state index in [1.54, 1.807) is 0 Å². The summed E-state index contributed by atoms with van der Waals surface area (Å²) in [6.45, 7) is 15.0. The maximum atomic E-state index is 6.35. The lowest BCUT2D eigenvalue weighted by molar-refractivity contribution is 0.0976. The van der Waals surface area contributed by atoms with Gasteiger partial charge in [0.15, 0.2) is 0 Å². The van der Waals surface area contributed by atoms with Gasteiger partial charge in [-0.2, -0.15) is 0 Å². The Balaban J connectivity index is 2.54. The first-order valence-corrected chi connectivity index (χ1v) is 9.99. The van der Waals surface area contributed by atoms with Gasteiger partial charge in [-0.05, 0) is 49.3 Å². The molecule has 2 aromatic rings. The Labute approximate surface area is 163 Å². The van der Waals surface area contributed by atoms with E-state index in [0.717, 1.165) is 46.1 Å². The van der Waals surface area contributed by atoms with Gasteiger partial charge in [-0.1, -0.05) is 59.2 Å². The van der Waals surface area contributed by atoms with Crippen molar-refractivity contribution in [2.45, 2.75) is 67.4 Å². The molecule has 0 aliphatic carbocycles. The van der Waals surface area contributed by atoms with Crippen LogP contribution in [0.15, 0.2) is 18.2 Å². The Morgan fingerprint density at radius 3 is 2.08 bits per heavy atom. The van der Waals surface area contributed by atoms with E-state index in [4.69, 9.17) is 26.3 Å². The average Bonchev–Trinajstić information content (AvgIpc) is 2.58. The average molecular weight is 375 g/mol. The smallest absolute Gasteiger partial charge is 0.236 e. The third kappa shape index (κ3) is 4.56. The van der Waals surface area contributed by atoms with Gasteiger partial charge in [0.25, 0.3) is 0 Å². The summed E-state index contributed by atoms with van der Waals surface area (Å²) >= 11 is 6.12. The van der Waals surface area contributed by atoms with Crippen molar-refractivity contribution in [3.63, 3.8) is 0 Å². The molecule has 0 amide bonds. The van der Waals surface area contributed by atoms with Crippen LogP contribution in [-0.2, 0) is 12.8 Å². The summed E-state index contributed by atoms with van der Waals surface area (Å²) in [5.41, 5.74) is 5.02. The van der Waals surface area contributed by atoms with Crippen molar-refractivity contribution in [2.75, 3.05) is 0 Å². The molecule has 0 aliphatic heterocycles. The zero-order valence-electron chi connectivity index (χ0n) is 17.1. The molecule has 4 heteroatoms. The fourth-order valence-electron chi connectivity index (χ4n) is 3.34. The maximum absolute atomic E-state index is 6.35. The first-order valence-electron chi connectivity index (χ1n) is 9.61. The number of aromatic nitrogens is 2. The predicted octanol–water partition coefficient (Wildman–Crippen LogP) is 6.29. The number of benzene rings is 1. The van der Waals surface area contributed by atoms with Crippen molar-refractivity contribution in [3.05, 3.63) is 40.2 Å². The van der Waals surface area contributed by atoms with Gasteiger partial charge in [-0.3, -0.25) is 0 Å². The molecular weight excluding hydrogens is 344 g/mol. The largest absolute Gasteiger partial charge is 0.473 e. The predicted molar refractivity (Wildman–Crippen MR) is 110 cm³/mol. The molecule has 0 radical (unpaired) electrons. The maximum Gasteiger partial charge on any atom is 0.236 e. The molecule has 1 aromatic heterocycles. The Morgan fingerprint density at radius 1 is 0.962 bits per heavy atom. The molecule has 1 heterocycles. The number of aryl methyl sites for hydroxylation is 3. The summed E-state index contributed by atoms with van der Waals surface area (Å²) in [5, 5.41) is 0.740. The summed E-state index contributed by atoms with van der Waals surface area (Å²) in [6.07, 6.45) is 1.72. The van der Waals surface area contributed by atoms with E-state index in [9.17, 15) is 0 Å². The molecule has 1 aromatic carbocycles. The Bertz CT molecular complexity index is 748. The zero-order valence-corrected chi connectivity index (χ0v) is 17.8. The molecule has 142 valence electrons. The van der Waals surface area contributed by atoms with Crippen LogP contribution in [0.5, 0.6) is 5.88 Å². The van der Waals surface area contributed by atoms with Gasteiger partial charge in [0.05, 0.1) is 11.4 Å². The van der Waals surface area contributed by atoms with Crippen LogP contribution in [0, 0.1) is 18.8 Å². The molecule has 0 N–H and O–H groups in total. The van der Waals surface area contributed by atoms with Crippen molar-refractivity contribution < 1.29 is 4.74 Å². The standard InChI is InChI=1S/C22H31ClN2O/c1-8-18-20(17-11-10-16(23)12-15(17)7)24-19(9-2)22(25-18)26-21(13(3)4)14(5)6/h10-14,21H,8-9H2,1-7H3. The lowest BCUT2D eigenvalue weighted by atomic mass is 9.96. The summed E-state index contributed by atoms with van der Waals surface area (Å²) in [5.74, 6) is 1.53. The van der Waals surface area contributed by atoms with Crippen LogP contribution in [-0.4, -0.2) is 16.1 Å². The molecule has 0 spiro atoms. The number of ether oxygens (including phenoxy) is 1. The third-order valence-electron chi connectivity index (χ3n) is 4.68. The fourth-order valence-corrected chi connectivity index (χ4v) is 3.56. The van der Waals surface area contributed by atoms with Gasteiger partial charge < -0.3 is 4.74 Å². The van der Waals surface area contributed by atoms with Crippen LogP contribution < -0.4 is 4.74 Å². The van der Waals surface area contributed by atoms with Gasteiger partial charge in [0.2, 0.25) is 5.88 Å². The topological polar surface area (TPSA) is 35.0 Å². The van der Waals surface area contributed by atoms with Crippen LogP contribution in [0.25, 0.3) is 11.3 Å². The van der Waals surface area contributed by atoms with E-state index in [2.05, 4.69) is 48.5 Å². The summed E-state index contributed by atoms with van der Waals surface area (Å²) < 4.78 is 6.35. The van der Waals surface area contributed by atoms with E-state index >= 15 is 0 Å². The van der Waals surface area contributed by atoms with Crippen molar-refractivity contribution >= 4 is 11.6 Å². The molecule has 0 atom stereocenters. The van der Waals surface area contributed by atoms with Gasteiger partial charge in [0, 0.05) is 10.6 Å². The highest BCUT2D eigenvalue weighted by molar-refractivity contribution is 6.30. The molecule has 0 unspecified atom stereocenters. The monoisotopic (exact) mass is 374 g/mol. The number of hydrogen-bond acceptors (Lipinski definition) is 3. The van der Waals surface area contributed by atoms with E-state index in [1.807, 2.05) is 18.2 Å². The molecule has 26 heavy (non-hydrogen) atoms. The van der Waals surface area contributed by atoms with E-state index in [0.29, 0.717) is 17.7 Å². The molecule has 3 nitrogen and oxygen atoms in total. The minimum atomic E-state index is 0.127. The fraction of sp³-hybridized carbons (Fsp3) is 0.545. The van der Waals surface area contributed by atoms with Crippen LogP contribution in [0.2, 0.25) is 5.02 Å². The lowest BCUT2D eigenvalue weighted by Gasteiger charge is -2.27. The van der Waals surface area contributed by atoms with E-state index in [-0.39, 0.29) is 6.10 Å². The number of halogens is 1. The second-order valence-corrected chi connectivity index (χ2v) is 7.94. The molecule has 0 saturated carbocycles. The Hall–Kier alpha value is -1.61. The minimum absolute atomic E-state index is 0.127. The first kappa shape index (κ1) is 20.7.